The second-order valence-corrected chi connectivity index (χ2v) is 5.81. The maximum Gasteiger partial charge on any atom is 0.416 e. The molecule has 23 heavy (non-hydrogen) atoms. The number of rotatable bonds is 4. The molecule has 0 aliphatic heterocycles. The minimum Gasteiger partial charge on any atom is -0.389 e. The van der Waals surface area contributed by atoms with Gasteiger partial charge < -0.3 is 10.2 Å². The summed E-state index contributed by atoms with van der Waals surface area (Å²) in [5.41, 5.74) is -3.96. The van der Waals surface area contributed by atoms with Crippen LogP contribution in [0.1, 0.15) is 29.7 Å². The molecule has 2 N–H and O–H groups in total. The van der Waals surface area contributed by atoms with Crippen molar-refractivity contribution in [1.82, 2.24) is 0 Å². The number of alkyl halides is 6. The van der Waals surface area contributed by atoms with Gasteiger partial charge in [0.05, 0.1) is 17.2 Å². The Morgan fingerprint density at radius 2 is 1.70 bits per heavy atom. The molecule has 10 heteroatoms. The number of hydrogen-bond donors (Lipinski definition) is 2. The van der Waals surface area contributed by atoms with Crippen LogP contribution in [0.3, 0.4) is 0 Å². The first-order valence-corrected chi connectivity index (χ1v) is 7.10. The molecule has 1 aromatic rings. The average molecular weight is 362 g/mol. The fourth-order valence-corrected chi connectivity index (χ4v) is 2.33. The topological polar surface area (TPSA) is 57.5 Å². The van der Waals surface area contributed by atoms with Gasteiger partial charge in [0.25, 0.3) is 0 Å². The SMILES string of the molecule is CC(=O)SCC(O)C(O)c1cc(C(F)(F)F)ccc1C(F)(F)F. The third kappa shape index (κ3) is 5.40. The van der Waals surface area contributed by atoms with Crippen molar-refractivity contribution in [2.45, 2.75) is 31.5 Å². The molecule has 0 saturated heterocycles. The molecule has 0 bridgehead atoms. The normalized spacial score (nSPS) is 15.3. The summed E-state index contributed by atoms with van der Waals surface area (Å²) < 4.78 is 76.6. The van der Waals surface area contributed by atoms with E-state index in [2.05, 4.69) is 0 Å². The number of halogens is 6. The van der Waals surface area contributed by atoms with Crippen LogP contribution in [0.4, 0.5) is 26.3 Å². The van der Waals surface area contributed by atoms with Crippen LogP contribution >= 0.6 is 11.8 Å². The number of carbonyl (C=O) groups excluding carboxylic acids is 1. The predicted octanol–water partition coefficient (Wildman–Crippen LogP) is 3.40. The van der Waals surface area contributed by atoms with Gasteiger partial charge in [-0.1, -0.05) is 11.8 Å². The Morgan fingerprint density at radius 3 is 2.13 bits per heavy atom. The summed E-state index contributed by atoms with van der Waals surface area (Å²) >= 11 is 0.533. The standard InChI is InChI=1S/C13H12F6O3S/c1-6(20)23-5-10(21)11(22)8-4-7(12(14,15)16)2-3-9(8)13(17,18)19/h2-4,10-11,21-22H,5H2,1H3. The summed E-state index contributed by atoms with van der Waals surface area (Å²) in [7, 11) is 0. The van der Waals surface area contributed by atoms with Gasteiger partial charge >= 0.3 is 12.4 Å². The van der Waals surface area contributed by atoms with E-state index in [1.54, 1.807) is 0 Å². The van der Waals surface area contributed by atoms with Crippen LogP contribution in [0.15, 0.2) is 18.2 Å². The summed E-state index contributed by atoms with van der Waals surface area (Å²) in [6.07, 6.45) is -14.0. The fourth-order valence-electron chi connectivity index (χ4n) is 1.74. The first-order valence-electron chi connectivity index (χ1n) is 6.12. The van der Waals surface area contributed by atoms with Gasteiger partial charge in [-0.05, 0) is 23.8 Å². The third-order valence-corrected chi connectivity index (χ3v) is 3.74. The van der Waals surface area contributed by atoms with E-state index < -0.39 is 52.1 Å². The molecule has 0 aliphatic rings. The van der Waals surface area contributed by atoms with Crippen molar-refractivity contribution in [1.29, 1.82) is 0 Å². The third-order valence-electron chi connectivity index (χ3n) is 2.82. The first kappa shape index (κ1) is 19.8. The molecule has 0 aromatic heterocycles. The van der Waals surface area contributed by atoms with Crippen LogP contribution in [0.25, 0.3) is 0 Å². The highest BCUT2D eigenvalue weighted by Crippen LogP contribution is 2.39. The van der Waals surface area contributed by atoms with Gasteiger partial charge in [0, 0.05) is 12.7 Å². The Morgan fingerprint density at radius 1 is 1.13 bits per heavy atom. The Kier molecular flexibility index (Phi) is 6.11. The molecule has 0 aliphatic carbocycles. The highest BCUT2D eigenvalue weighted by molar-refractivity contribution is 8.13. The van der Waals surface area contributed by atoms with E-state index in [1.165, 1.54) is 0 Å². The number of aliphatic hydroxyl groups is 2. The van der Waals surface area contributed by atoms with Crippen LogP contribution in [0.2, 0.25) is 0 Å². The largest absolute Gasteiger partial charge is 0.416 e. The van der Waals surface area contributed by atoms with Crippen molar-refractivity contribution in [2.24, 2.45) is 0 Å². The molecule has 3 nitrogen and oxygen atoms in total. The molecule has 0 radical (unpaired) electrons. The van der Waals surface area contributed by atoms with E-state index in [1.807, 2.05) is 0 Å². The van der Waals surface area contributed by atoms with Crippen LogP contribution in [-0.2, 0) is 17.1 Å². The van der Waals surface area contributed by atoms with E-state index >= 15 is 0 Å². The summed E-state index contributed by atoms with van der Waals surface area (Å²) in [5, 5.41) is 19.0. The van der Waals surface area contributed by atoms with Crippen molar-refractivity contribution in [3.05, 3.63) is 34.9 Å². The lowest BCUT2D eigenvalue weighted by Crippen LogP contribution is -2.25. The van der Waals surface area contributed by atoms with Crippen molar-refractivity contribution in [3.63, 3.8) is 0 Å². The molecular weight excluding hydrogens is 350 g/mol. The molecule has 0 spiro atoms. The lowest BCUT2D eigenvalue weighted by Gasteiger charge is -2.22. The van der Waals surface area contributed by atoms with Gasteiger partial charge in [-0.25, -0.2) is 0 Å². The second-order valence-electron chi connectivity index (χ2n) is 4.61. The van der Waals surface area contributed by atoms with Gasteiger partial charge in [0.1, 0.15) is 6.10 Å². The Balaban J connectivity index is 3.26. The second kappa shape index (κ2) is 7.10. The molecule has 1 rings (SSSR count). The number of aliphatic hydroxyl groups excluding tert-OH is 2. The van der Waals surface area contributed by atoms with Gasteiger partial charge in [0.15, 0.2) is 5.12 Å². The van der Waals surface area contributed by atoms with Gasteiger partial charge in [-0.3, -0.25) is 4.79 Å². The highest BCUT2D eigenvalue weighted by atomic mass is 32.2. The zero-order valence-corrected chi connectivity index (χ0v) is 12.4. The molecule has 130 valence electrons. The smallest absolute Gasteiger partial charge is 0.389 e. The molecule has 1 aromatic carbocycles. The summed E-state index contributed by atoms with van der Waals surface area (Å²) in [5.74, 6) is -0.454. The molecule has 2 unspecified atom stereocenters. The maximum atomic E-state index is 12.9. The summed E-state index contributed by atoms with van der Waals surface area (Å²) in [6, 6.07) is 0.594. The van der Waals surface area contributed by atoms with E-state index in [9.17, 15) is 41.4 Å². The first-order chi connectivity index (χ1) is 10.3. The maximum absolute atomic E-state index is 12.9. The van der Waals surface area contributed by atoms with Crippen LogP contribution in [0, 0.1) is 0 Å². The number of carbonyl (C=O) groups is 1. The number of benzene rings is 1. The molecule has 0 fully saturated rings. The highest BCUT2D eigenvalue weighted by Gasteiger charge is 2.39. The zero-order valence-electron chi connectivity index (χ0n) is 11.6. The van der Waals surface area contributed by atoms with E-state index in [4.69, 9.17) is 0 Å². The Hall–Kier alpha value is -1.26. The molecule has 2 atom stereocenters. The number of thioether (sulfide) groups is 1. The van der Waals surface area contributed by atoms with E-state index in [0.717, 1.165) is 6.92 Å². The monoisotopic (exact) mass is 362 g/mol. The summed E-state index contributed by atoms with van der Waals surface area (Å²) in [4.78, 5) is 10.8. The fraction of sp³-hybridized carbons (Fsp3) is 0.462. The zero-order chi connectivity index (χ0) is 18.0. The van der Waals surface area contributed by atoms with Crippen molar-refractivity contribution >= 4 is 16.9 Å². The van der Waals surface area contributed by atoms with Gasteiger partial charge in [-0.15, -0.1) is 0 Å². The predicted molar refractivity (Wildman–Crippen MR) is 70.6 cm³/mol. The minimum absolute atomic E-state index is 0.148. The number of hydrogen-bond acceptors (Lipinski definition) is 4. The van der Waals surface area contributed by atoms with Crippen LogP contribution in [0.5, 0.6) is 0 Å². The minimum atomic E-state index is -5.01. The van der Waals surface area contributed by atoms with Crippen molar-refractivity contribution in [3.8, 4) is 0 Å². The van der Waals surface area contributed by atoms with Crippen LogP contribution < -0.4 is 0 Å². The molecule has 0 amide bonds. The quantitative estimate of drug-likeness (QED) is 0.806. The van der Waals surface area contributed by atoms with E-state index in [0.29, 0.717) is 11.8 Å². The van der Waals surface area contributed by atoms with Gasteiger partial charge in [0.2, 0.25) is 0 Å². The Labute approximate surface area is 131 Å². The lowest BCUT2D eigenvalue weighted by atomic mass is 9.96. The lowest BCUT2D eigenvalue weighted by molar-refractivity contribution is -0.143. The van der Waals surface area contributed by atoms with Crippen molar-refractivity contribution < 1.29 is 41.4 Å². The Bertz CT molecular complexity index is 570. The molecule has 0 heterocycles. The van der Waals surface area contributed by atoms with Crippen molar-refractivity contribution in [2.75, 3.05) is 5.75 Å². The molecular formula is C13H12F6O3S. The average Bonchev–Trinajstić information content (AvgIpc) is 2.41. The van der Waals surface area contributed by atoms with Gasteiger partial charge in [-0.2, -0.15) is 26.3 Å². The van der Waals surface area contributed by atoms with Crippen LogP contribution in [-0.4, -0.2) is 27.2 Å². The molecule has 0 saturated carbocycles. The van der Waals surface area contributed by atoms with E-state index in [-0.39, 0.29) is 18.2 Å². The summed E-state index contributed by atoms with van der Waals surface area (Å²) in [6.45, 7) is 1.13.